The summed E-state index contributed by atoms with van der Waals surface area (Å²) in [6, 6.07) is 4.52. The van der Waals surface area contributed by atoms with Gasteiger partial charge in [-0.2, -0.15) is 4.31 Å². The summed E-state index contributed by atoms with van der Waals surface area (Å²) < 4.78 is 26.1. The lowest BCUT2D eigenvalue weighted by molar-refractivity contribution is 0.249. The Hall–Kier alpha value is -0.620. The van der Waals surface area contributed by atoms with Crippen molar-refractivity contribution in [2.75, 3.05) is 7.05 Å². The zero-order valence-corrected chi connectivity index (χ0v) is 11.7. The van der Waals surface area contributed by atoms with Crippen LogP contribution in [0.3, 0.4) is 0 Å². The first kappa shape index (κ1) is 13.8. The third-order valence-corrected chi connectivity index (χ3v) is 5.73. The smallest absolute Gasteiger partial charge is 0.243 e. The summed E-state index contributed by atoms with van der Waals surface area (Å²) in [5.41, 5.74) is 0.430. The van der Waals surface area contributed by atoms with Crippen molar-refractivity contribution in [3.63, 3.8) is 0 Å². The summed E-state index contributed by atoms with van der Waals surface area (Å²) in [4.78, 5) is 0.186. The zero-order chi connectivity index (χ0) is 13.3. The van der Waals surface area contributed by atoms with Crippen LogP contribution in [-0.2, 0) is 16.6 Å². The number of hydrogen-bond acceptors (Lipinski definition) is 3. The van der Waals surface area contributed by atoms with Crippen molar-refractivity contribution in [3.05, 3.63) is 28.8 Å². The highest BCUT2D eigenvalue weighted by molar-refractivity contribution is 7.89. The van der Waals surface area contributed by atoms with Crippen LogP contribution in [0.1, 0.15) is 24.8 Å². The second-order valence-corrected chi connectivity index (χ2v) is 6.92. The van der Waals surface area contributed by atoms with Crippen LogP contribution in [-0.4, -0.2) is 30.9 Å². The van der Waals surface area contributed by atoms with Gasteiger partial charge < -0.3 is 5.11 Å². The molecule has 0 amide bonds. The van der Waals surface area contributed by atoms with Gasteiger partial charge in [-0.25, -0.2) is 8.42 Å². The van der Waals surface area contributed by atoms with Crippen molar-refractivity contribution in [3.8, 4) is 0 Å². The number of benzene rings is 1. The van der Waals surface area contributed by atoms with Gasteiger partial charge in [0.15, 0.2) is 0 Å². The van der Waals surface area contributed by atoms with Gasteiger partial charge in [0.1, 0.15) is 0 Å². The van der Waals surface area contributed by atoms with Crippen LogP contribution in [0.25, 0.3) is 0 Å². The normalized spacial score (nSPS) is 16.9. The van der Waals surface area contributed by atoms with Crippen LogP contribution < -0.4 is 0 Å². The molecule has 0 radical (unpaired) electrons. The molecule has 1 aliphatic rings. The second-order valence-electron chi connectivity index (χ2n) is 4.52. The molecule has 0 saturated heterocycles. The third-order valence-electron chi connectivity index (χ3n) is 3.45. The van der Waals surface area contributed by atoms with E-state index in [0.29, 0.717) is 10.6 Å². The Morgan fingerprint density at radius 2 is 2.11 bits per heavy atom. The number of rotatable bonds is 4. The van der Waals surface area contributed by atoms with Gasteiger partial charge in [-0.1, -0.05) is 18.0 Å². The Morgan fingerprint density at radius 3 is 2.61 bits per heavy atom. The molecule has 0 aliphatic heterocycles. The standard InChI is InChI=1S/C12H16ClNO3S/c1-14(10-3-2-4-10)18(16,17)11-5-6-12(13)9(7-11)8-15/h5-7,10,15H,2-4,8H2,1H3. The quantitative estimate of drug-likeness (QED) is 0.922. The minimum atomic E-state index is -3.48. The van der Waals surface area contributed by atoms with Gasteiger partial charge in [-0.15, -0.1) is 0 Å². The lowest BCUT2D eigenvalue weighted by atomic mass is 9.94. The first-order valence-electron chi connectivity index (χ1n) is 5.84. The maximum atomic E-state index is 12.3. The molecule has 1 N–H and O–H groups in total. The summed E-state index contributed by atoms with van der Waals surface area (Å²) in [5, 5.41) is 9.50. The number of hydrogen-bond donors (Lipinski definition) is 1. The third kappa shape index (κ3) is 2.40. The topological polar surface area (TPSA) is 57.6 Å². The van der Waals surface area contributed by atoms with Gasteiger partial charge in [-0.05, 0) is 36.6 Å². The van der Waals surface area contributed by atoms with E-state index < -0.39 is 10.0 Å². The predicted molar refractivity (Wildman–Crippen MR) is 70.0 cm³/mol. The van der Waals surface area contributed by atoms with Crippen molar-refractivity contribution in [1.82, 2.24) is 4.31 Å². The fourth-order valence-electron chi connectivity index (χ4n) is 1.95. The average molecular weight is 290 g/mol. The fraction of sp³-hybridized carbons (Fsp3) is 0.500. The van der Waals surface area contributed by atoms with Gasteiger partial charge in [0.25, 0.3) is 0 Å². The molecule has 0 atom stereocenters. The van der Waals surface area contributed by atoms with Gasteiger partial charge in [0, 0.05) is 18.1 Å². The number of sulfonamides is 1. The van der Waals surface area contributed by atoms with E-state index in [1.807, 2.05) is 0 Å². The monoisotopic (exact) mass is 289 g/mol. The van der Waals surface area contributed by atoms with E-state index in [4.69, 9.17) is 16.7 Å². The van der Waals surface area contributed by atoms with E-state index in [1.165, 1.54) is 22.5 Å². The molecule has 18 heavy (non-hydrogen) atoms. The molecular weight excluding hydrogens is 274 g/mol. The van der Waals surface area contributed by atoms with Crippen LogP contribution in [0.15, 0.2) is 23.1 Å². The van der Waals surface area contributed by atoms with Gasteiger partial charge in [-0.3, -0.25) is 0 Å². The maximum Gasteiger partial charge on any atom is 0.243 e. The second kappa shape index (κ2) is 5.17. The van der Waals surface area contributed by atoms with E-state index in [9.17, 15) is 8.42 Å². The first-order chi connectivity index (χ1) is 8.46. The van der Waals surface area contributed by atoms with Crippen LogP contribution in [0.4, 0.5) is 0 Å². The molecule has 2 rings (SSSR count). The number of nitrogens with zero attached hydrogens (tertiary/aromatic N) is 1. The molecule has 1 aromatic carbocycles. The summed E-state index contributed by atoms with van der Waals surface area (Å²) in [6.45, 7) is -0.269. The minimum Gasteiger partial charge on any atom is -0.392 e. The first-order valence-corrected chi connectivity index (χ1v) is 7.66. The summed E-state index contributed by atoms with van der Waals surface area (Å²) >= 11 is 5.86. The zero-order valence-electron chi connectivity index (χ0n) is 10.1. The van der Waals surface area contributed by atoms with Crippen molar-refractivity contribution >= 4 is 21.6 Å². The highest BCUT2D eigenvalue weighted by Crippen LogP contribution is 2.29. The van der Waals surface area contributed by atoms with E-state index in [0.717, 1.165) is 19.3 Å². The highest BCUT2D eigenvalue weighted by Gasteiger charge is 2.31. The Bertz CT molecular complexity index is 540. The summed E-state index contributed by atoms with van der Waals surface area (Å²) in [6.07, 6.45) is 2.90. The van der Waals surface area contributed by atoms with E-state index in [-0.39, 0.29) is 17.5 Å². The molecule has 1 aliphatic carbocycles. The number of halogens is 1. The fourth-order valence-corrected chi connectivity index (χ4v) is 3.59. The van der Waals surface area contributed by atoms with Crippen LogP contribution >= 0.6 is 11.6 Å². The van der Waals surface area contributed by atoms with Crippen molar-refractivity contribution in [1.29, 1.82) is 0 Å². The molecule has 1 aromatic rings. The average Bonchev–Trinajstić information content (AvgIpc) is 2.27. The highest BCUT2D eigenvalue weighted by atomic mass is 35.5. The summed E-state index contributed by atoms with van der Waals surface area (Å²) in [7, 11) is -1.88. The Morgan fingerprint density at radius 1 is 1.44 bits per heavy atom. The predicted octanol–water partition coefficient (Wildman–Crippen LogP) is 2.01. The Kier molecular flexibility index (Phi) is 3.96. The number of aliphatic hydroxyl groups excluding tert-OH is 1. The molecule has 0 spiro atoms. The molecule has 1 fully saturated rings. The van der Waals surface area contributed by atoms with E-state index in [1.54, 1.807) is 7.05 Å². The largest absolute Gasteiger partial charge is 0.392 e. The molecule has 0 unspecified atom stereocenters. The Balaban J connectivity index is 2.34. The molecule has 100 valence electrons. The molecule has 0 bridgehead atoms. The van der Waals surface area contributed by atoms with Crippen molar-refractivity contribution in [2.24, 2.45) is 0 Å². The number of aliphatic hydroxyl groups is 1. The van der Waals surface area contributed by atoms with E-state index >= 15 is 0 Å². The molecule has 0 aromatic heterocycles. The molecule has 4 nitrogen and oxygen atoms in total. The molecule has 1 saturated carbocycles. The molecule has 0 heterocycles. The van der Waals surface area contributed by atoms with Crippen LogP contribution in [0, 0.1) is 0 Å². The molecular formula is C12H16ClNO3S. The van der Waals surface area contributed by atoms with Crippen LogP contribution in [0.5, 0.6) is 0 Å². The van der Waals surface area contributed by atoms with Crippen molar-refractivity contribution < 1.29 is 13.5 Å². The van der Waals surface area contributed by atoms with Crippen molar-refractivity contribution in [2.45, 2.75) is 36.8 Å². The van der Waals surface area contributed by atoms with Crippen LogP contribution in [0.2, 0.25) is 5.02 Å². The van der Waals surface area contributed by atoms with Gasteiger partial charge >= 0.3 is 0 Å². The summed E-state index contributed by atoms with van der Waals surface area (Å²) in [5.74, 6) is 0. The minimum absolute atomic E-state index is 0.100. The maximum absolute atomic E-state index is 12.3. The SMILES string of the molecule is CN(C1CCC1)S(=O)(=O)c1ccc(Cl)c(CO)c1. The lowest BCUT2D eigenvalue weighted by Gasteiger charge is -2.33. The molecule has 6 heteroatoms. The van der Waals surface area contributed by atoms with E-state index in [2.05, 4.69) is 0 Å². The Labute approximate surface area is 112 Å². The lowest BCUT2D eigenvalue weighted by Crippen LogP contribution is -2.41. The van der Waals surface area contributed by atoms with Gasteiger partial charge in [0.05, 0.1) is 11.5 Å². The van der Waals surface area contributed by atoms with Gasteiger partial charge in [0.2, 0.25) is 10.0 Å².